The van der Waals surface area contributed by atoms with Gasteiger partial charge >= 0.3 is 0 Å². The number of aromatic nitrogens is 3. The Kier molecular flexibility index (Phi) is 5.41. The minimum Gasteiger partial charge on any atom is -0.497 e. The third-order valence-corrected chi connectivity index (χ3v) is 3.80. The van der Waals surface area contributed by atoms with Crippen LogP contribution in [-0.4, -0.2) is 28.8 Å². The number of aryl methyl sites for hydroxylation is 1. The van der Waals surface area contributed by atoms with Gasteiger partial charge in [0.05, 0.1) is 13.3 Å². The average molecular weight is 335 g/mol. The Labute approximate surface area is 147 Å². The molecule has 3 rings (SSSR count). The summed E-state index contributed by atoms with van der Waals surface area (Å²) < 4.78 is 5.24. The largest absolute Gasteiger partial charge is 0.497 e. The Morgan fingerprint density at radius 2 is 1.96 bits per heavy atom. The van der Waals surface area contributed by atoms with Crippen molar-refractivity contribution in [3.8, 4) is 5.75 Å². The van der Waals surface area contributed by atoms with Crippen LogP contribution in [-0.2, 0) is 6.42 Å². The smallest absolute Gasteiger partial charge is 0.244 e. The molecule has 1 heterocycles. The van der Waals surface area contributed by atoms with Gasteiger partial charge in [0, 0.05) is 12.2 Å². The fraction of sp³-hybridized carbons (Fsp3) is 0.211. The molecule has 0 saturated heterocycles. The Hall–Kier alpha value is -3.15. The van der Waals surface area contributed by atoms with Crippen LogP contribution in [0.2, 0.25) is 0 Å². The van der Waals surface area contributed by atoms with E-state index < -0.39 is 0 Å². The van der Waals surface area contributed by atoms with Crippen LogP contribution in [0.15, 0.2) is 54.7 Å². The van der Waals surface area contributed by atoms with Crippen LogP contribution in [0.1, 0.15) is 11.1 Å². The Morgan fingerprint density at radius 3 is 2.80 bits per heavy atom. The summed E-state index contributed by atoms with van der Waals surface area (Å²) in [7, 11) is 1.67. The van der Waals surface area contributed by atoms with Crippen LogP contribution in [0.5, 0.6) is 5.75 Å². The van der Waals surface area contributed by atoms with Crippen LogP contribution < -0.4 is 15.4 Å². The molecule has 6 heteroatoms. The van der Waals surface area contributed by atoms with Crippen molar-refractivity contribution in [1.29, 1.82) is 0 Å². The van der Waals surface area contributed by atoms with Crippen molar-refractivity contribution in [2.45, 2.75) is 13.3 Å². The molecule has 25 heavy (non-hydrogen) atoms. The highest BCUT2D eigenvalue weighted by Crippen LogP contribution is 2.18. The van der Waals surface area contributed by atoms with Crippen molar-refractivity contribution in [3.63, 3.8) is 0 Å². The van der Waals surface area contributed by atoms with E-state index >= 15 is 0 Å². The van der Waals surface area contributed by atoms with Crippen molar-refractivity contribution < 1.29 is 4.74 Å². The summed E-state index contributed by atoms with van der Waals surface area (Å²) in [4.78, 5) is 4.45. The highest BCUT2D eigenvalue weighted by Gasteiger charge is 2.03. The highest BCUT2D eigenvalue weighted by atomic mass is 16.5. The SMILES string of the molecule is COc1cccc(CCNc2nncc(Nc3ccccc3C)n2)c1. The van der Waals surface area contributed by atoms with E-state index in [1.807, 2.05) is 49.4 Å². The molecule has 0 saturated carbocycles. The number of nitrogens with zero attached hydrogens (tertiary/aromatic N) is 3. The zero-order valence-electron chi connectivity index (χ0n) is 14.4. The van der Waals surface area contributed by atoms with Crippen molar-refractivity contribution in [2.75, 3.05) is 24.3 Å². The Bertz CT molecular complexity index is 837. The summed E-state index contributed by atoms with van der Waals surface area (Å²) in [6.07, 6.45) is 2.45. The summed E-state index contributed by atoms with van der Waals surface area (Å²) in [6.45, 7) is 2.76. The molecule has 0 bridgehead atoms. The van der Waals surface area contributed by atoms with Gasteiger partial charge in [0.25, 0.3) is 0 Å². The molecule has 0 spiro atoms. The van der Waals surface area contributed by atoms with E-state index in [-0.39, 0.29) is 0 Å². The minimum absolute atomic E-state index is 0.501. The fourth-order valence-corrected chi connectivity index (χ4v) is 2.44. The molecular formula is C19H21N5O. The summed E-state index contributed by atoms with van der Waals surface area (Å²) in [5, 5.41) is 14.5. The lowest BCUT2D eigenvalue weighted by Gasteiger charge is -2.09. The van der Waals surface area contributed by atoms with Crippen LogP contribution in [0, 0.1) is 6.92 Å². The van der Waals surface area contributed by atoms with Gasteiger partial charge in [0.2, 0.25) is 5.95 Å². The first-order chi connectivity index (χ1) is 12.2. The number of hydrogen-bond donors (Lipinski definition) is 2. The number of nitrogens with one attached hydrogen (secondary N) is 2. The van der Waals surface area contributed by atoms with Gasteiger partial charge < -0.3 is 15.4 Å². The first-order valence-electron chi connectivity index (χ1n) is 8.14. The van der Waals surface area contributed by atoms with E-state index in [9.17, 15) is 0 Å². The molecule has 2 N–H and O–H groups in total. The molecule has 0 fully saturated rings. The topological polar surface area (TPSA) is 72.0 Å². The summed E-state index contributed by atoms with van der Waals surface area (Å²) in [5.74, 6) is 2.02. The van der Waals surface area contributed by atoms with Gasteiger partial charge in [-0.1, -0.05) is 30.3 Å². The van der Waals surface area contributed by atoms with E-state index in [1.54, 1.807) is 13.3 Å². The first-order valence-corrected chi connectivity index (χ1v) is 8.14. The van der Waals surface area contributed by atoms with E-state index in [1.165, 1.54) is 5.56 Å². The standard InChI is InChI=1S/C19H21N5O/c1-14-6-3-4-9-17(14)22-18-13-21-24-19(23-18)20-11-10-15-7-5-8-16(12-15)25-2/h3-9,12-13H,10-11H2,1-2H3,(H2,20,22,23,24). The summed E-state index contributed by atoms with van der Waals surface area (Å²) in [5.41, 5.74) is 3.34. The number of hydrogen-bond acceptors (Lipinski definition) is 6. The minimum atomic E-state index is 0.501. The van der Waals surface area contributed by atoms with Gasteiger partial charge in [-0.3, -0.25) is 0 Å². The number of ether oxygens (including phenoxy) is 1. The quantitative estimate of drug-likeness (QED) is 0.687. The van der Waals surface area contributed by atoms with Crippen molar-refractivity contribution in [1.82, 2.24) is 15.2 Å². The predicted molar refractivity (Wildman–Crippen MR) is 99.5 cm³/mol. The summed E-state index contributed by atoms with van der Waals surface area (Å²) in [6, 6.07) is 16.1. The maximum Gasteiger partial charge on any atom is 0.244 e. The molecule has 0 radical (unpaired) electrons. The predicted octanol–water partition coefficient (Wildman–Crippen LogP) is 3.59. The molecule has 6 nitrogen and oxygen atoms in total. The van der Waals surface area contributed by atoms with Gasteiger partial charge in [0.15, 0.2) is 5.82 Å². The summed E-state index contributed by atoms with van der Waals surface area (Å²) >= 11 is 0. The molecule has 1 aromatic heterocycles. The normalized spacial score (nSPS) is 10.3. The number of anilines is 3. The van der Waals surface area contributed by atoms with Crippen LogP contribution in [0.25, 0.3) is 0 Å². The molecule has 0 atom stereocenters. The number of para-hydroxylation sites is 1. The zero-order valence-corrected chi connectivity index (χ0v) is 14.4. The highest BCUT2D eigenvalue weighted by molar-refractivity contribution is 5.59. The molecule has 128 valence electrons. The molecule has 0 unspecified atom stereocenters. The maximum atomic E-state index is 5.24. The third-order valence-electron chi connectivity index (χ3n) is 3.80. The van der Waals surface area contributed by atoms with Crippen molar-refractivity contribution in [2.24, 2.45) is 0 Å². The molecule has 0 aliphatic rings. The van der Waals surface area contributed by atoms with Crippen molar-refractivity contribution in [3.05, 3.63) is 65.9 Å². The van der Waals surface area contributed by atoms with Crippen LogP contribution >= 0.6 is 0 Å². The second-order valence-electron chi connectivity index (χ2n) is 5.63. The number of benzene rings is 2. The van der Waals surface area contributed by atoms with Gasteiger partial charge in [-0.2, -0.15) is 10.1 Å². The third kappa shape index (κ3) is 4.67. The van der Waals surface area contributed by atoms with E-state index in [2.05, 4.69) is 31.9 Å². The lowest BCUT2D eigenvalue weighted by Crippen LogP contribution is -2.10. The number of methoxy groups -OCH3 is 1. The van der Waals surface area contributed by atoms with Gasteiger partial charge in [-0.15, -0.1) is 5.10 Å². The van der Waals surface area contributed by atoms with Crippen molar-refractivity contribution >= 4 is 17.5 Å². The zero-order chi connectivity index (χ0) is 17.5. The molecule has 3 aromatic rings. The van der Waals surface area contributed by atoms with Crippen LogP contribution in [0.4, 0.5) is 17.5 Å². The maximum absolute atomic E-state index is 5.24. The lowest BCUT2D eigenvalue weighted by molar-refractivity contribution is 0.414. The molecule has 0 aliphatic heterocycles. The Balaban J connectivity index is 1.59. The van der Waals surface area contributed by atoms with E-state index in [0.717, 1.165) is 23.4 Å². The Morgan fingerprint density at radius 1 is 1.08 bits per heavy atom. The molecular weight excluding hydrogens is 314 g/mol. The number of rotatable bonds is 7. The molecule has 2 aromatic carbocycles. The lowest BCUT2D eigenvalue weighted by atomic mass is 10.1. The molecule has 0 amide bonds. The average Bonchev–Trinajstić information content (AvgIpc) is 2.64. The molecule has 0 aliphatic carbocycles. The van der Waals surface area contributed by atoms with Crippen LogP contribution in [0.3, 0.4) is 0 Å². The first kappa shape index (κ1) is 16.7. The van der Waals surface area contributed by atoms with E-state index in [0.29, 0.717) is 18.3 Å². The van der Waals surface area contributed by atoms with Gasteiger partial charge in [-0.05, 0) is 42.7 Å². The second-order valence-corrected chi connectivity index (χ2v) is 5.63. The van der Waals surface area contributed by atoms with Gasteiger partial charge in [0.1, 0.15) is 5.75 Å². The second kappa shape index (κ2) is 8.10. The monoisotopic (exact) mass is 335 g/mol. The van der Waals surface area contributed by atoms with Gasteiger partial charge in [-0.25, -0.2) is 0 Å². The fourth-order valence-electron chi connectivity index (χ4n) is 2.44. The van der Waals surface area contributed by atoms with E-state index in [4.69, 9.17) is 4.74 Å².